The van der Waals surface area contributed by atoms with Crippen LogP contribution in [-0.2, 0) is 11.2 Å². The minimum atomic E-state index is 0.0984. The molecule has 2 heterocycles. The van der Waals surface area contributed by atoms with Gasteiger partial charge in [-0.15, -0.1) is 11.3 Å². The van der Waals surface area contributed by atoms with Gasteiger partial charge in [0.2, 0.25) is 0 Å². The minimum Gasteiger partial charge on any atom is -0.358 e. The minimum absolute atomic E-state index is 0.0984. The summed E-state index contributed by atoms with van der Waals surface area (Å²) in [5.41, 5.74) is 1.27. The third kappa shape index (κ3) is 1.62. The quantitative estimate of drug-likeness (QED) is 0.717. The molecule has 0 fully saturated rings. The summed E-state index contributed by atoms with van der Waals surface area (Å²) in [6, 6.07) is 0. The van der Waals surface area contributed by atoms with Crippen LogP contribution in [0.5, 0.6) is 0 Å². The van der Waals surface area contributed by atoms with Crippen molar-refractivity contribution in [1.82, 2.24) is 4.90 Å². The van der Waals surface area contributed by atoms with Crippen molar-refractivity contribution in [2.75, 3.05) is 20.7 Å². The smallest absolute Gasteiger partial charge is 0.145 e. The highest BCUT2D eigenvalue weighted by Gasteiger charge is 2.25. The predicted molar refractivity (Wildman–Crippen MR) is 55.4 cm³/mol. The fourth-order valence-corrected chi connectivity index (χ4v) is 3.07. The summed E-state index contributed by atoms with van der Waals surface area (Å²) in [7, 11) is 4.04. The first-order valence-corrected chi connectivity index (χ1v) is 5.49. The van der Waals surface area contributed by atoms with Crippen LogP contribution in [0.4, 0.5) is 0 Å². The predicted octanol–water partition coefficient (Wildman–Crippen LogP) is 2.53. The molecule has 1 aliphatic heterocycles. The summed E-state index contributed by atoms with van der Waals surface area (Å²) in [6.07, 6.45) is 1.04. The van der Waals surface area contributed by atoms with Crippen molar-refractivity contribution >= 4 is 22.9 Å². The normalized spacial score (nSPS) is 22.0. The zero-order chi connectivity index (χ0) is 9.42. The topological polar surface area (TPSA) is 12.5 Å². The zero-order valence-electron chi connectivity index (χ0n) is 7.71. The second-order valence-corrected chi connectivity index (χ2v) is 4.68. The Morgan fingerprint density at radius 3 is 3.08 bits per heavy atom. The molecule has 1 aromatic rings. The first-order valence-electron chi connectivity index (χ1n) is 4.24. The van der Waals surface area contributed by atoms with Crippen molar-refractivity contribution < 1.29 is 4.74 Å². The van der Waals surface area contributed by atoms with E-state index in [-0.39, 0.29) is 6.23 Å². The summed E-state index contributed by atoms with van der Waals surface area (Å²) < 4.78 is 5.66. The highest BCUT2D eigenvalue weighted by Crippen LogP contribution is 2.37. The van der Waals surface area contributed by atoms with Gasteiger partial charge >= 0.3 is 0 Å². The zero-order valence-corrected chi connectivity index (χ0v) is 9.28. The van der Waals surface area contributed by atoms with E-state index in [1.54, 1.807) is 11.3 Å². The molecule has 0 aromatic carbocycles. The van der Waals surface area contributed by atoms with Crippen LogP contribution < -0.4 is 0 Å². The first kappa shape index (κ1) is 9.46. The molecule has 1 aliphatic rings. The van der Waals surface area contributed by atoms with Gasteiger partial charge in [-0.05, 0) is 26.1 Å². The van der Waals surface area contributed by atoms with Crippen molar-refractivity contribution in [1.29, 1.82) is 0 Å². The molecule has 13 heavy (non-hydrogen) atoms. The Kier molecular flexibility index (Phi) is 2.60. The maximum atomic E-state index is 6.06. The van der Waals surface area contributed by atoms with Gasteiger partial charge in [0.25, 0.3) is 0 Å². The van der Waals surface area contributed by atoms with Gasteiger partial charge in [0.15, 0.2) is 0 Å². The molecule has 0 radical (unpaired) electrons. The van der Waals surface area contributed by atoms with Crippen molar-refractivity contribution in [2.24, 2.45) is 0 Å². The standard InChI is InChI=1S/C9H12ClNOS/c1-11(2)9-8-6(3-4-12-9)7(10)5-13-8/h5,9H,3-4H2,1-2H3. The average molecular weight is 218 g/mol. The van der Waals surface area contributed by atoms with Gasteiger partial charge in [0.1, 0.15) is 6.23 Å². The van der Waals surface area contributed by atoms with Crippen LogP contribution in [0.3, 0.4) is 0 Å². The molecule has 2 rings (SSSR count). The Hall–Kier alpha value is -0.0900. The highest BCUT2D eigenvalue weighted by molar-refractivity contribution is 7.10. The number of hydrogen-bond acceptors (Lipinski definition) is 3. The van der Waals surface area contributed by atoms with E-state index >= 15 is 0 Å². The number of nitrogens with zero attached hydrogens (tertiary/aromatic N) is 1. The summed E-state index contributed by atoms with van der Waals surface area (Å²) in [6.45, 7) is 0.770. The number of ether oxygens (including phenoxy) is 1. The Labute approximate surface area is 87.1 Å². The van der Waals surface area contributed by atoms with Crippen LogP contribution >= 0.6 is 22.9 Å². The molecule has 0 spiro atoms. The van der Waals surface area contributed by atoms with Crippen molar-refractivity contribution in [3.63, 3.8) is 0 Å². The monoisotopic (exact) mass is 217 g/mol. The van der Waals surface area contributed by atoms with E-state index in [4.69, 9.17) is 16.3 Å². The summed E-state index contributed by atoms with van der Waals surface area (Å²) in [4.78, 5) is 3.34. The molecule has 0 amide bonds. The van der Waals surface area contributed by atoms with E-state index in [0.29, 0.717) is 0 Å². The van der Waals surface area contributed by atoms with Gasteiger partial charge < -0.3 is 4.74 Å². The fraction of sp³-hybridized carbons (Fsp3) is 0.556. The second kappa shape index (κ2) is 3.58. The van der Waals surface area contributed by atoms with Gasteiger partial charge in [-0.1, -0.05) is 11.6 Å². The number of hydrogen-bond donors (Lipinski definition) is 0. The van der Waals surface area contributed by atoms with E-state index in [9.17, 15) is 0 Å². The molecule has 1 atom stereocenters. The molecule has 2 nitrogen and oxygen atoms in total. The van der Waals surface area contributed by atoms with E-state index in [0.717, 1.165) is 18.1 Å². The summed E-state index contributed by atoms with van der Waals surface area (Å²) in [5.74, 6) is 0. The third-order valence-corrected chi connectivity index (χ3v) is 3.72. The lowest BCUT2D eigenvalue weighted by Crippen LogP contribution is -2.26. The van der Waals surface area contributed by atoms with Gasteiger partial charge in [-0.2, -0.15) is 0 Å². The molecule has 1 aromatic heterocycles. The van der Waals surface area contributed by atoms with E-state index in [1.807, 2.05) is 19.5 Å². The molecule has 0 saturated carbocycles. The molecular formula is C9H12ClNOS. The van der Waals surface area contributed by atoms with Gasteiger partial charge in [-0.3, -0.25) is 4.90 Å². The Morgan fingerprint density at radius 2 is 2.38 bits per heavy atom. The van der Waals surface area contributed by atoms with Gasteiger partial charge in [0.05, 0.1) is 16.5 Å². The Bertz CT molecular complexity index is 311. The van der Waals surface area contributed by atoms with Crippen molar-refractivity contribution in [2.45, 2.75) is 12.6 Å². The average Bonchev–Trinajstić information content (AvgIpc) is 2.48. The molecule has 0 bridgehead atoms. The molecular weight excluding hydrogens is 206 g/mol. The van der Waals surface area contributed by atoms with E-state index in [1.165, 1.54) is 10.4 Å². The number of rotatable bonds is 1. The highest BCUT2D eigenvalue weighted by atomic mass is 35.5. The molecule has 0 aliphatic carbocycles. The van der Waals surface area contributed by atoms with Crippen molar-refractivity contribution in [3.8, 4) is 0 Å². The first-order chi connectivity index (χ1) is 6.20. The van der Waals surface area contributed by atoms with E-state index in [2.05, 4.69) is 4.90 Å². The maximum absolute atomic E-state index is 6.06. The van der Waals surface area contributed by atoms with Crippen LogP contribution in [0.2, 0.25) is 5.02 Å². The summed E-state index contributed by atoms with van der Waals surface area (Å²) in [5, 5.41) is 2.90. The number of thiophene rings is 1. The van der Waals surface area contributed by atoms with Gasteiger partial charge in [-0.25, -0.2) is 0 Å². The lowest BCUT2D eigenvalue weighted by Gasteiger charge is -2.28. The fourth-order valence-electron chi connectivity index (χ4n) is 1.56. The van der Waals surface area contributed by atoms with Crippen LogP contribution in [-0.4, -0.2) is 25.6 Å². The van der Waals surface area contributed by atoms with Crippen LogP contribution in [0.1, 0.15) is 16.7 Å². The molecule has 0 N–H and O–H groups in total. The largest absolute Gasteiger partial charge is 0.358 e. The SMILES string of the molecule is CN(C)C1OCCc2c(Cl)csc21. The Balaban J connectivity index is 2.38. The third-order valence-electron chi connectivity index (χ3n) is 2.20. The number of halogens is 1. The molecule has 4 heteroatoms. The summed E-state index contributed by atoms with van der Waals surface area (Å²) >= 11 is 7.75. The van der Waals surface area contributed by atoms with Crippen LogP contribution in [0.25, 0.3) is 0 Å². The van der Waals surface area contributed by atoms with Gasteiger partial charge in [0, 0.05) is 5.38 Å². The van der Waals surface area contributed by atoms with Crippen LogP contribution in [0.15, 0.2) is 5.38 Å². The van der Waals surface area contributed by atoms with Crippen molar-refractivity contribution in [3.05, 3.63) is 20.8 Å². The lowest BCUT2D eigenvalue weighted by atomic mass is 10.1. The second-order valence-electron chi connectivity index (χ2n) is 3.36. The number of fused-ring (bicyclic) bond motifs is 1. The lowest BCUT2D eigenvalue weighted by molar-refractivity contribution is -0.0440. The molecule has 72 valence electrons. The maximum Gasteiger partial charge on any atom is 0.145 e. The molecule has 0 saturated heterocycles. The van der Waals surface area contributed by atoms with Crippen LogP contribution in [0, 0.1) is 0 Å². The Morgan fingerprint density at radius 1 is 1.62 bits per heavy atom. The van der Waals surface area contributed by atoms with E-state index < -0.39 is 0 Å². The molecule has 1 unspecified atom stereocenters.